The maximum Gasteiger partial charge on any atom is 0.323 e. The first kappa shape index (κ1) is 29.8. The molecule has 32 heavy (non-hydrogen) atoms. The van der Waals surface area contributed by atoms with E-state index in [1.807, 2.05) is 55.4 Å². The van der Waals surface area contributed by atoms with E-state index in [1.165, 1.54) is 7.11 Å². The average molecular weight is 458 g/mol. The van der Waals surface area contributed by atoms with Crippen LogP contribution in [0.5, 0.6) is 0 Å². The van der Waals surface area contributed by atoms with E-state index in [-0.39, 0.29) is 24.2 Å². The van der Waals surface area contributed by atoms with Crippen molar-refractivity contribution < 1.29 is 28.7 Å². The summed E-state index contributed by atoms with van der Waals surface area (Å²) in [5.74, 6) is -2.58. The number of methoxy groups -OCH3 is 1. The van der Waals surface area contributed by atoms with Crippen molar-refractivity contribution in [1.29, 1.82) is 0 Å². The Morgan fingerprint density at radius 2 is 1.25 bits per heavy atom. The van der Waals surface area contributed by atoms with E-state index in [9.17, 15) is 19.2 Å². The van der Waals surface area contributed by atoms with Crippen molar-refractivity contribution >= 4 is 23.8 Å². The zero-order valence-electron chi connectivity index (χ0n) is 21.5. The van der Waals surface area contributed by atoms with Crippen LogP contribution < -0.4 is 16.0 Å². The standard InChI is InChI=1S/C23H43N3O6/c1-13(2)17(19(28)25-22(5,6)7)24-15(21(30)31-11)12-16(27)32-18(14(3)4)20(29)26-23(8,9)10/h13-15,17-18,24H,12H2,1-11H3,(H,25,28)(H,26,29). The lowest BCUT2D eigenvalue weighted by Gasteiger charge is -2.30. The molecule has 2 amide bonds. The highest BCUT2D eigenvalue weighted by atomic mass is 16.6. The van der Waals surface area contributed by atoms with E-state index in [0.29, 0.717) is 0 Å². The molecule has 3 atom stereocenters. The number of amides is 2. The molecule has 186 valence electrons. The molecule has 0 aliphatic carbocycles. The minimum atomic E-state index is -1.11. The van der Waals surface area contributed by atoms with Gasteiger partial charge in [0.25, 0.3) is 5.91 Å². The van der Waals surface area contributed by atoms with Gasteiger partial charge in [0, 0.05) is 11.1 Å². The first-order chi connectivity index (χ1) is 14.4. The van der Waals surface area contributed by atoms with Crippen LogP contribution in [0.4, 0.5) is 0 Å². The van der Waals surface area contributed by atoms with E-state index in [4.69, 9.17) is 9.47 Å². The minimum absolute atomic E-state index is 0.165. The third kappa shape index (κ3) is 11.5. The Labute approximate surface area is 192 Å². The van der Waals surface area contributed by atoms with Crippen LogP contribution in [0.1, 0.15) is 75.7 Å². The lowest BCUT2D eigenvalue weighted by Crippen LogP contribution is -2.57. The Bertz CT molecular complexity index is 662. The molecule has 0 rings (SSSR count). The normalized spacial score (nSPS) is 15.0. The topological polar surface area (TPSA) is 123 Å². The third-order valence-corrected chi connectivity index (χ3v) is 4.31. The van der Waals surface area contributed by atoms with Crippen LogP contribution in [0.2, 0.25) is 0 Å². The van der Waals surface area contributed by atoms with Crippen molar-refractivity contribution in [2.45, 2.75) is 105 Å². The van der Waals surface area contributed by atoms with Gasteiger partial charge in [0.15, 0.2) is 6.10 Å². The number of nitrogens with one attached hydrogen (secondary N) is 3. The summed E-state index contributed by atoms with van der Waals surface area (Å²) >= 11 is 0. The highest BCUT2D eigenvalue weighted by Crippen LogP contribution is 2.13. The number of carbonyl (C=O) groups excluding carboxylic acids is 4. The highest BCUT2D eigenvalue weighted by molar-refractivity contribution is 5.88. The van der Waals surface area contributed by atoms with Crippen LogP contribution in [0.3, 0.4) is 0 Å². The van der Waals surface area contributed by atoms with Gasteiger partial charge in [-0.15, -0.1) is 0 Å². The maximum absolute atomic E-state index is 12.7. The number of esters is 2. The molecule has 0 spiro atoms. The molecule has 0 fully saturated rings. The summed E-state index contributed by atoms with van der Waals surface area (Å²) in [7, 11) is 1.20. The molecule has 3 unspecified atom stereocenters. The molecule has 0 aromatic carbocycles. The first-order valence-corrected chi connectivity index (χ1v) is 11.0. The number of hydrogen-bond acceptors (Lipinski definition) is 7. The Hall–Kier alpha value is -2.16. The molecule has 0 aromatic rings. The summed E-state index contributed by atoms with van der Waals surface area (Å²) in [6, 6.07) is -1.85. The van der Waals surface area contributed by atoms with Gasteiger partial charge < -0.3 is 20.1 Å². The zero-order valence-corrected chi connectivity index (χ0v) is 21.5. The Balaban J connectivity index is 5.48. The second-order valence-electron chi connectivity index (χ2n) is 10.8. The molecule has 9 heteroatoms. The fraction of sp³-hybridized carbons (Fsp3) is 0.826. The lowest BCUT2D eigenvalue weighted by atomic mass is 9.99. The summed E-state index contributed by atoms with van der Waals surface area (Å²) in [6.07, 6.45) is -1.39. The molecule has 9 nitrogen and oxygen atoms in total. The van der Waals surface area contributed by atoms with Gasteiger partial charge >= 0.3 is 11.9 Å². The molecule has 0 aliphatic heterocycles. The average Bonchev–Trinajstić information content (AvgIpc) is 2.58. The minimum Gasteiger partial charge on any atom is -0.468 e. The number of hydrogen-bond donors (Lipinski definition) is 3. The molecule has 0 saturated carbocycles. The molecule has 3 N–H and O–H groups in total. The van der Waals surface area contributed by atoms with Gasteiger partial charge in [0.2, 0.25) is 5.91 Å². The number of rotatable bonds is 10. The molecule has 0 saturated heterocycles. The second-order valence-corrected chi connectivity index (χ2v) is 10.8. The van der Waals surface area contributed by atoms with Crippen molar-refractivity contribution in [3.8, 4) is 0 Å². The van der Waals surface area contributed by atoms with Crippen molar-refractivity contribution in [2.75, 3.05) is 7.11 Å². The van der Waals surface area contributed by atoms with Crippen molar-refractivity contribution in [3.05, 3.63) is 0 Å². The van der Waals surface area contributed by atoms with Gasteiger partial charge in [0.05, 0.1) is 19.6 Å². The summed E-state index contributed by atoms with van der Waals surface area (Å²) in [5, 5.41) is 8.62. The van der Waals surface area contributed by atoms with Gasteiger partial charge in [-0.2, -0.15) is 0 Å². The predicted octanol–water partition coefficient (Wildman–Crippen LogP) is 1.93. The monoisotopic (exact) mass is 457 g/mol. The quantitative estimate of drug-likeness (QED) is 0.428. The van der Waals surface area contributed by atoms with Crippen molar-refractivity contribution in [2.24, 2.45) is 11.8 Å². The Morgan fingerprint density at radius 1 is 0.781 bits per heavy atom. The van der Waals surface area contributed by atoms with Crippen molar-refractivity contribution in [3.63, 3.8) is 0 Å². The molecular formula is C23H43N3O6. The zero-order chi connectivity index (χ0) is 25.4. The summed E-state index contributed by atoms with van der Waals surface area (Å²) in [5.41, 5.74) is -0.950. The molecule has 0 heterocycles. The largest absolute Gasteiger partial charge is 0.468 e. The second kappa shape index (κ2) is 12.2. The summed E-state index contributed by atoms with van der Waals surface area (Å²) in [6.45, 7) is 18.2. The van der Waals surface area contributed by atoms with Gasteiger partial charge in [-0.1, -0.05) is 27.7 Å². The van der Waals surface area contributed by atoms with Crippen molar-refractivity contribution in [1.82, 2.24) is 16.0 Å². The fourth-order valence-corrected chi connectivity index (χ4v) is 2.88. The van der Waals surface area contributed by atoms with Gasteiger partial charge in [-0.05, 0) is 53.4 Å². The molecule has 0 aliphatic rings. The van der Waals surface area contributed by atoms with Crippen LogP contribution >= 0.6 is 0 Å². The predicted molar refractivity (Wildman–Crippen MR) is 123 cm³/mol. The Kier molecular flexibility index (Phi) is 11.4. The molecule has 0 radical (unpaired) electrons. The van der Waals surface area contributed by atoms with Crippen LogP contribution in [0.15, 0.2) is 0 Å². The van der Waals surface area contributed by atoms with Crippen LogP contribution in [-0.2, 0) is 28.7 Å². The van der Waals surface area contributed by atoms with Crippen LogP contribution in [0, 0.1) is 11.8 Å². The SMILES string of the molecule is COC(=O)C(CC(=O)OC(C(=O)NC(C)(C)C)C(C)C)NC(C(=O)NC(C)(C)C)C(C)C. The van der Waals surface area contributed by atoms with Crippen LogP contribution in [0.25, 0.3) is 0 Å². The van der Waals surface area contributed by atoms with E-state index < -0.39 is 47.1 Å². The van der Waals surface area contributed by atoms with Crippen LogP contribution in [-0.4, -0.2) is 60.1 Å². The van der Waals surface area contributed by atoms with E-state index in [0.717, 1.165) is 0 Å². The maximum atomic E-state index is 12.7. The molecule has 0 bridgehead atoms. The number of ether oxygens (including phenoxy) is 2. The van der Waals surface area contributed by atoms with Gasteiger partial charge in [-0.25, -0.2) is 0 Å². The van der Waals surface area contributed by atoms with E-state index >= 15 is 0 Å². The van der Waals surface area contributed by atoms with E-state index in [2.05, 4.69) is 16.0 Å². The van der Waals surface area contributed by atoms with Gasteiger partial charge in [0.1, 0.15) is 6.04 Å². The highest BCUT2D eigenvalue weighted by Gasteiger charge is 2.34. The third-order valence-electron chi connectivity index (χ3n) is 4.31. The molecule has 0 aromatic heterocycles. The van der Waals surface area contributed by atoms with Gasteiger partial charge in [-0.3, -0.25) is 24.5 Å². The summed E-state index contributed by atoms with van der Waals surface area (Å²) in [4.78, 5) is 50.3. The van der Waals surface area contributed by atoms with E-state index in [1.54, 1.807) is 13.8 Å². The number of carbonyl (C=O) groups is 4. The summed E-state index contributed by atoms with van der Waals surface area (Å²) < 4.78 is 10.2. The fourth-order valence-electron chi connectivity index (χ4n) is 2.88. The lowest BCUT2D eigenvalue weighted by molar-refractivity contribution is -0.161. The molecular weight excluding hydrogens is 414 g/mol. The first-order valence-electron chi connectivity index (χ1n) is 11.0. The smallest absolute Gasteiger partial charge is 0.323 e. The Morgan fingerprint density at radius 3 is 1.62 bits per heavy atom.